The van der Waals surface area contributed by atoms with E-state index in [0.29, 0.717) is 6.54 Å². The van der Waals surface area contributed by atoms with Crippen molar-refractivity contribution >= 4 is 5.96 Å². The van der Waals surface area contributed by atoms with E-state index in [1.165, 1.54) is 5.56 Å². The number of guanidine groups is 1. The highest BCUT2D eigenvalue weighted by Gasteiger charge is 2.16. The smallest absolute Gasteiger partial charge is 0.191 e. The summed E-state index contributed by atoms with van der Waals surface area (Å²) >= 11 is 0. The van der Waals surface area contributed by atoms with Crippen molar-refractivity contribution in [3.05, 3.63) is 47.8 Å². The van der Waals surface area contributed by atoms with E-state index in [4.69, 9.17) is 4.74 Å². The second kappa shape index (κ2) is 9.97. The third kappa shape index (κ3) is 6.29. The van der Waals surface area contributed by atoms with Gasteiger partial charge in [-0.15, -0.1) is 0 Å². The number of aromatic nitrogens is 2. The molecule has 0 saturated heterocycles. The van der Waals surface area contributed by atoms with Gasteiger partial charge in [0.2, 0.25) is 0 Å². The molecule has 0 fully saturated rings. The van der Waals surface area contributed by atoms with Gasteiger partial charge in [-0.1, -0.05) is 18.2 Å². The van der Waals surface area contributed by atoms with Gasteiger partial charge in [0.1, 0.15) is 11.9 Å². The van der Waals surface area contributed by atoms with Crippen LogP contribution in [0.5, 0.6) is 5.75 Å². The molecule has 7 nitrogen and oxygen atoms in total. The molecule has 2 aromatic rings. The van der Waals surface area contributed by atoms with Gasteiger partial charge in [0.25, 0.3) is 0 Å². The molecule has 1 heterocycles. The highest BCUT2D eigenvalue weighted by molar-refractivity contribution is 5.79. The summed E-state index contributed by atoms with van der Waals surface area (Å²) in [5.74, 6) is 1.67. The van der Waals surface area contributed by atoms with Crippen LogP contribution >= 0.6 is 0 Å². The highest BCUT2D eigenvalue weighted by Crippen LogP contribution is 2.18. The molecule has 0 saturated carbocycles. The van der Waals surface area contributed by atoms with E-state index in [0.717, 1.165) is 23.8 Å². The van der Waals surface area contributed by atoms with Gasteiger partial charge in [0.15, 0.2) is 5.96 Å². The lowest BCUT2D eigenvalue weighted by Gasteiger charge is -2.25. The maximum atomic E-state index is 6.01. The topological polar surface area (TPSA) is 66.7 Å². The number of nitrogens with zero attached hydrogens (tertiary/aromatic N) is 4. The molecule has 148 valence electrons. The van der Waals surface area contributed by atoms with Crippen LogP contribution in [0.4, 0.5) is 0 Å². The summed E-state index contributed by atoms with van der Waals surface area (Å²) in [6.07, 6.45) is 3.97. The highest BCUT2D eigenvalue weighted by atomic mass is 16.5. The molecule has 0 radical (unpaired) electrons. The van der Waals surface area contributed by atoms with E-state index in [2.05, 4.69) is 52.7 Å². The normalized spacial score (nSPS) is 14.1. The van der Waals surface area contributed by atoms with Gasteiger partial charge < -0.3 is 20.3 Å². The first-order valence-corrected chi connectivity index (χ1v) is 9.22. The van der Waals surface area contributed by atoms with Crippen LogP contribution in [0, 0.1) is 6.92 Å². The summed E-state index contributed by atoms with van der Waals surface area (Å²) in [4.78, 5) is 6.48. The number of aryl methyl sites for hydroxylation is 2. The zero-order valence-corrected chi connectivity index (χ0v) is 17.2. The van der Waals surface area contributed by atoms with Crippen molar-refractivity contribution in [3.63, 3.8) is 0 Å². The zero-order chi connectivity index (χ0) is 19.8. The summed E-state index contributed by atoms with van der Waals surface area (Å²) in [6.45, 7) is 5.49. The SMILES string of the molecule is CN=C(NCC(C)Oc1ccccc1C)NCC(c1cnn(C)c1)N(C)C. The molecule has 0 aliphatic heterocycles. The van der Waals surface area contributed by atoms with E-state index in [-0.39, 0.29) is 12.1 Å². The van der Waals surface area contributed by atoms with Crippen LogP contribution in [0.15, 0.2) is 41.7 Å². The number of likely N-dealkylation sites (N-methyl/N-ethyl adjacent to an activating group) is 1. The average Bonchev–Trinajstić information content (AvgIpc) is 3.05. The molecule has 0 bridgehead atoms. The third-order valence-electron chi connectivity index (χ3n) is 4.40. The monoisotopic (exact) mass is 372 g/mol. The predicted octanol–water partition coefficient (Wildman–Crippen LogP) is 1.96. The number of hydrogen-bond acceptors (Lipinski definition) is 4. The molecule has 0 amide bonds. The van der Waals surface area contributed by atoms with Crippen LogP contribution < -0.4 is 15.4 Å². The lowest BCUT2D eigenvalue weighted by molar-refractivity contribution is 0.222. The lowest BCUT2D eigenvalue weighted by Crippen LogP contribution is -2.44. The summed E-state index contributed by atoms with van der Waals surface area (Å²) in [6, 6.07) is 8.26. The Balaban J connectivity index is 1.85. The fourth-order valence-corrected chi connectivity index (χ4v) is 2.81. The Morgan fingerprint density at radius 3 is 2.56 bits per heavy atom. The van der Waals surface area contributed by atoms with Crippen molar-refractivity contribution in [3.8, 4) is 5.75 Å². The number of benzene rings is 1. The van der Waals surface area contributed by atoms with E-state index in [9.17, 15) is 0 Å². The van der Waals surface area contributed by atoms with Gasteiger partial charge in [0.05, 0.1) is 18.8 Å². The standard InChI is InChI=1S/C20H32N6O/c1-15-9-7-8-10-19(15)27-16(2)11-22-20(21-3)23-13-18(25(4)5)17-12-24-26(6)14-17/h7-10,12,14,16,18H,11,13H2,1-6H3,(H2,21,22,23). The minimum absolute atomic E-state index is 0.0209. The van der Waals surface area contributed by atoms with Gasteiger partial charge in [-0.3, -0.25) is 9.67 Å². The predicted molar refractivity (Wildman–Crippen MR) is 110 cm³/mol. The summed E-state index contributed by atoms with van der Waals surface area (Å²) in [5, 5.41) is 11.0. The zero-order valence-electron chi connectivity index (χ0n) is 17.2. The van der Waals surface area contributed by atoms with Crippen LogP contribution in [-0.4, -0.2) is 61.0 Å². The van der Waals surface area contributed by atoms with Gasteiger partial charge in [0, 0.05) is 32.4 Å². The van der Waals surface area contributed by atoms with E-state index in [1.54, 1.807) is 7.05 Å². The third-order valence-corrected chi connectivity index (χ3v) is 4.40. The molecule has 2 unspecified atom stereocenters. The second-order valence-corrected chi connectivity index (χ2v) is 6.95. The molecule has 2 N–H and O–H groups in total. The number of rotatable bonds is 8. The van der Waals surface area contributed by atoms with E-state index in [1.807, 2.05) is 49.2 Å². The molecule has 0 spiro atoms. The van der Waals surface area contributed by atoms with Crippen LogP contribution in [0.2, 0.25) is 0 Å². The summed E-state index contributed by atoms with van der Waals surface area (Å²) in [5.41, 5.74) is 2.30. The first kappa shape index (κ1) is 20.8. The van der Waals surface area contributed by atoms with Crippen molar-refractivity contribution in [1.29, 1.82) is 0 Å². The van der Waals surface area contributed by atoms with Gasteiger partial charge >= 0.3 is 0 Å². The minimum Gasteiger partial charge on any atom is -0.489 e. The molecule has 1 aromatic heterocycles. The maximum absolute atomic E-state index is 6.01. The van der Waals surface area contributed by atoms with Crippen LogP contribution in [-0.2, 0) is 7.05 Å². The molecule has 0 aliphatic rings. The summed E-state index contributed by atoms with van der Waals surface area (Å²) in [7, 11) is 7.83. The van der Waals surface area contributed by atoms with E-state index >= 15 is 0 Å². The number of nitrogens with one attached hydrogen (secondary N) is 2. The van der Waals surface area contributed by atoms with Crippen molar-refractivity contribution in [2.24, 2.45) is 12.0 Å². The number of para-hydroxylation sites is 1. The Hall–Kier alpha value is -2.54. The van der Waals surface area contributed by atoms with Crippen LogP contribution in [0.25, 0.3) is 0 Å². The molecular weight excluding hydrogens is 340 g/mol. The largest absolute Gasteiger partial charge is 0.489 e. The first-order valence-electron chi connectivity index (χ1n) is 9.22. The quantitative estimate of drug-likeness (QED) is 0.548. The van der Waals surface area contributed by atoms with Gasteiger partial charge in [-0.2, -0.15) is 5.10 Å². The second-order valence-electron chi connectivity index (χ2n) is 6.95. The molecule has 1 aromatic carbocycles. The van der Waals surface area contributed by atoms with Crippen LogP contribution in [0.1, 0.15) is 24.1 Å². The van der Waals surface area contributed by atoms with Crippen molar-refractivity contribution in [2.45, 2.75) is 26.0 Å². The molecule has 7 heteroatoms. The van der Waals surface area contributed by atoms with Crippen molar-refractivity contribution < 1.29 is 4.74 Å². The molecule has 27 heavy (non-hydrogen) atoms. The Morgan fingerprint density at radius 1 is 1.26 bits per heavy atom. The Kier molecular flexibility index (Phi) is 7.67. The summed E-state index contributed by atoms with van der Waals surface area (Å²) < 4.78 is 7.83. The Morgan fingerprint density at radius 2 is 1.96 bits per heavy atom. The van der Waals surface area contributed by atoms with Gasteiger partial charge in [-0.25, -0.2) is 0 Å². The van der Waals surface area contributed by atoms with Crippen molar-refractivity contribution in [1.82, 2.24) is 25.3 Å². The van der Waals surface area contributed by atoms with Crippen LogP contribution in [0.3, 0.4) is 0 Å². The maximum Gasteiger partial charge on any atom is 0.191 e. The fourth-order valence-electron chi connectivity index (χ4n) is 2.81. The number of hydrogen-bond donors (Lipinski definition) is 2. The molecule has 2 rings (SSSR count). The number of ether oxygens (including phenoxy) is 1. The van der Waals surface area contributed by atoms with Gasteiger partial charge in [-0.05, 0) is 39.6 Å². The molecule has 0 aliphatic carbocycles. The minimum atomic E-state index is 0.0209. The average molecular weight is 373 g/mol. The Bertz CT molecular complexity index is 740. The van der Waals surface area contributed by atoms with Crippen molar-refractivity contribution in [2.75, 3.05) is 34.2 Å². The number of aliphatic imine (C=N–C) groups is 1. The lowest BCUT2D eigenvalue weighted by atomic mass is 10.1. The fraction of sp³-hybridized carbons (Fsp3) is 0.500. The molecular formula is C20H32N6O. The van der Waals surface area contributed by atoms with E-state index < -0.39 is 0 Å². The Labute approximate surface area is 162 Å². The first-order chi connectivity index (χ1) is 12.9. The molecule has 2 atom stereocenters.